The van der Waals surface area contributed by atoms with E-state index < -0.39 is 0 Å². The van der Waals surface area contributed by atoms with E-state index in [9.17, 15) is 9.59 Å². The van der Waals surface area contributed by atoms with Crippen molar-refractivity contribution in [3.8, 4) is 0 Å². The van der Waals surface area contributed by atoms with E-state index >= 15 is 0 Å². The van der Waals surface area contributed by atoms with Crippen molar-refractivity contribution in [2.24, 2.45) is 5.92 Å². The summed E-state index contributed by atoms with van der Waals surface area (Å²) < 4.78 is 0. The van der Waals surface area contributed by atoms with Crippen molar-refractivity contribution in [3.63, 3.8) is 0 Å². The van der Waals surface area contributed by atoms with Gasteiger partial charge in [0.05, 0.1) is 0 Å². The first-order valence-corrected chi connectivity index (χ1v) is 7.70. The van der Waals surface area contributed by atoms with Crippen LogP contribution in [0.2, 0.25) is 0 Å². The predicted octanol–water partition coefficient (Wildman–Crippen LogP) is 3.52. The molecule has 0 aliphatic carbocycles. The molecule has 4 heteroatoms. The third-order valence-electron chi connectivity index (χ3n) is 4.01. The number of carbonyl (C=O) groups excluding carboxylic acids is 2. The van der Waals surface area contributed by atoms with Crippen LogP contribution in [-0.2, 0) is 0 Å². The maximum atomic E-state index is 12.5. The standard InChI is InChI=1S/C18H20N2O2/c1-4-20-17(21)13-7-5-6-12-15(19-10-11(2)3)9-8-14(16(12)13)18(20)22/h5-9,11,19H,4,10H2,1-3H3. The van der Waals surface area contributed by atoms with Gasteiger partial charge in [0.1, 0.15) is 0 Å². The Morgan fingerprint density at radius 3 is 2.36 bits per heavy atom. The fourth-order valence-corrected chi connectivity index (χ4v) is 2.90. The Morgan fingerprint density at radius 2 is 1.73 bits per heavy atom. The summed E-state index contributed by atoms with van der Waals surface area (Å²) in [4.78, 5) is 26.3. The average Bonchev–Trinajstić information content (AvgIpc) is 2.51. The molecule has 0 radical (unpaired) electrons. The number of hydrogen-bond acceptors (Lipinski definition) is 3. The molecule has 1 N–H and O–H groups in total. The summed E-state index contributed by atoms with van der Waals surface area (Å²) in [5, 5.41) is 5.12. The molecule has 0 spiro atoms. The van der Waals surface area contributed by atoms with Crippen molar-refractivity contribution in [1.29, 1.82) is 0 Å². The fourth-order valence-electron chi connectivity index (χ4n) is 2.90. The monoisotopic (exact) mass is 296 g/mol. The van der Waals surface area contributed by atoms with Crippen LogP contribution in [0.4, 0.5) is 5.69 Å². The normalized spacial score (nSPS) is 14.1. The molecule has 0 unspecified atom stereocenters. The van der Waals surface area contributed by atoms with Crippen LogP contribution >= 0.6 is 0 Å². The van der Waals surface area contributed by atoms with Crippen LogP contribution in [0.3, 0.4) is 0 Å². The zero-order valence-corrected chi connectivity index (χ0v) is 13.1. The van der Waals surface area contributed by atoms with E-state index in [-0.39, 0.29) is 11.8 Å². The van der Waals surface area contributed by atoms with Crippen LogP contribution in [0.25, 0.3) is 10.8 Å². The van der Waals surface area contributed by atoms with Gasteiger partial charge in [-0.05, 0) is 31.0 Å². The lowest BCUT2D eigenvalue weighted by atomic mass is 9.93. The Kier molecular flexibility index (Phi) is 3.61. The molecule has 2 amide bonds. The first-order valence-electron chi connectivity index (χ1n) is 7.70. The van der Waals surface area contributed by atoms with E-state index in [4.69, 9.17) is 0 Å². The molecule has 0 atom stereocenters. The molecule has 2 aromatic rings. The number of amides is 2. The smallest absolute Gasteiger partial charge is 0.261 e. The van der Waals surface area contributed by atoms with Crippen LogP contribution in [0.15, 0.2) is 30.3 Å². The largest absolute Gasteiger partial charge is 0.384 e. The maximum absolute atomic E-state index is 12.5. The molecule has 0 saturated carbocycles. The summed E-state index contributed by atoms with van der Waals surface area (Å²) in [5.41, 5.74) is 2.20. The SMILES string of the molecule is CCN1C(=O)c2cccc3c(NCC(C)C)ccc(c23)C1=O. The molecule has 0 bridgehead atoms. The van der Waals surface area contributed by atoms with Crippen LogP contribution in [0, 0.1) is 5.92 Å². The Morgan fingerprint density at radius 1 is 1.05 bits per heavy atom. The second-order valence-electron chi connectivity index (χ2n) is 6.02. The Labute approximate surface area is 130 Å². The van der Waals surface area contributed by atoms with Crippen LogP contribution in [0.1, 0.15) is 41.5 Å². The van der Waals surface area contributed by atoms with E-state index in [1.165, 1.54) is 4.90 Å². The molecule has 0 fully saturated rings. The van der Waals surface area contributed by atoms with Crippen molar-refractivity contribution in [1.82, 2.24) is 4.90 Å². The van der Waals surface area contributed by atoms with Gasteiger partial charge in [-0.2, -0.15) is 0 Å². The number of anilines is 1. The van der Waals surface area contributed by atoms with Crippen molar-refractivity contribution in [2.45, 2.75) is 20.8 Å². The van der Waals surface area contributed by atoms with Crippen molar-refractivity contribution in [2.75, 3.05) is 18.4 Å². The van der Waals surface area contributed by atoms with Gasteiger partial charge in [0, 0.05) is 40.7 Å². The van der Waals surface area contributed by atoms with Gasteiger partial charge in [-0.1, -0.05) is 26.0 Å². The lowest BCUT2D eigenvalue weighted by Gasteiger charge is -2.27. The molecule has 0 aromatic heterocycles. The third kappa shape index (κ3) is 2.15. The summed E-state index contributed by atoms with van der Waals surface area (Å²) in [6, 6.07) is 9.41. The minimum Gasteiger partial charge on any atom is -0.384 e. The topological polar surface area (TPSA) is 49.4 Å². The predicted molar refractivity (Wildman–Crippen MR) is 88.3 cm³/mol. The summed E-state index contributed by atoms with van der Waals surface area (Å²) in [6.45, 7) is 7.34. The highest BCUT2D eigenvalue weighted by Gasteiger charge is 2.32. The number of rotatable bonds is 4. The number of hydrogen-bond donors (Lipinski definition) is 1. The molecule has 2 aromatic carbocycles. The first-order chi connectivity index (χ1) is 10.5. The number of nitrogens with zero attached hydrogens (tertiary/aromatic N) is 1. The maximum Gasteiger partial charge on any atom is 0.261 e. The Hall–Kier alpha value is -2.36. The van der Waals surface area contributed by atoms with E-state index in [1.807, 2.05) is 31.2 Å². The summed E-state index contributed by atoms with van der Waals surface area (Å²) in [5.74, 6) is 0.114. The number of benzene rings is 2. The minimum atomic E-state index is -0.202. The Balaban J connectivity index is 2.20. The van der Waals surface area contributed by atoms with E-state index in [1.54, 1.807) is 6.07 Å². The van der Waals surface area contributed by atoms with Crippen LogP contribution in [-0.4, -0.2) is 29.8 Å². The number of imide groups is 1. The van der Waals surface area contributed by atoms with Gasteiger partial charge in [0.15, 0.2) is 0 Å². The van der Waals surface area contributed by atoms with Crippen molar-refractivity contribution in [3.05, 3.63) is 41.5 Å². The van der Waals surface area contributed by atoms with E-state index in [0.29, 0.717) is 23.6 Å². The molecule has 0 saturated heterocycles. The molecular weight excluding hydrogens is 276 g/mol. The summed E-state index contributed by atoms with van der Waals surface area (Å²) >= 11 is 0. The average molecular weight is 296 g/mol. The second kappa shape index (κ2) is 5.44. The highest BCUT2D eigenvalue weighted by atomic mass is 16.2. The van der Waals surface area contributed by atoms with Gasteiger partial charge in [-0.3, -0.25) is 14.5 Å². The molecule has 1 aliphatic heterocycles. The highest BCUT2D eigenvalue weighted by Crippen LogP contribution is 2.34. The van der Waals surface area contributed by atoms with Crippen molar-refractivity contribution >= 4 is 28.3 Å². The second-order valence-corrected chi connectivity index (χ2v) is 6.02. The van der Waals surface area contributed by atoms with E-state index in [0.717, 1.165) is 23.0 Å². The van der Waals surface area contributed by atoms with Crippen LogP contribution in [0.5, 0.6) is 0 Å². The first kappa shape index (κ1) is 14.6. The lowest BCUT2D eigenvalue weighted by molar-refractivity contribution is 0.0619. The number of carbonyl (C=O) groups is 2. The zero-order valence-electron chi connectivity index (χ0n) is 13.1. The molecule has 1 aliphatic rings. The van der Waals surface area contributed by atoms with E-state index in [2.05, 4.69) is 19.2 Å². The summed E-state index contributed by atoms with van der Waals surface area (Å²) in [7, 11) is 0. The fraction of sp³-hybridized carbons (Fsp3) is 0.333. The minimum absolute atomic E-state index is 0.202. The van der Waals surface area contributed by atoms with Gasteiger partial charge >= 0.3 is 0 Å². The molecular formula is C18H20N2O2. The van der Waals surface area contributed by atoms with Gasteiger partial charge in [-0.25, -0.2) is 0 Å². The van der Waals surface area contributed by atoms with Gasteiger partial charge in [0.25, 0.3) is 11.8 Å². The van der Waals surface area contributed by atoms with Gasteiger partial charge in [-0.15, -0.1) is 0 Å². The number of nitrogens with one attached hydrogen (secondary N) is 1. The molecule has 4 nitrogen and oxygen atoms in total. The van der Waals surface area contributed by atoms with Crippen LogP contribution < -0.4 is 5.32 Å². The molecule has 22 heavy (non-hydrogen) atoms. The Bertz CT molecular complexity index is 743. The molecule has 3 rings (SSSR count). The van der Waals surface area contributed by atoms with Gasteiger partial charge in [0.2, 0.25) is 0 Å². The highest BCUT2D eigenvalue weighted by molar-refractivity contribution is 6.26. The summed E-state index contributed by atoms with van der Waals surface area (Å²) in [6.07, 6.45) is 0. The third-order valence-corrected chi connectivity index (χ3v) is 4.01. The lowest BCUT2D eigenvalue weighted by Crippen LogP contribution is -2.40. The zero-order chi connectivity index (χ0) is 15.9. The van der Waals surface area contributed by atoms with Gasteiger partial charge < -0.3 is 5.32 Å². The quantitative estimate of drug-likeness (QED) is 0.878. The van der Waals surface area contributed by atoms with Crippen molar-refractivity contribution < 1.29 is 9.59 Å². The molecule has 1 heterocycles. The molecule has 114 valence electrons.